The van der Waals surface area contributed by atoms with Crippen LogP contribution in [0.1, 0.15) is 6.42 Å². The molecule has 1 aromatic heterocycles. The largest absolute Gasteiger partial charge is 0.396 e. The molecule has 0 unspecified atom stereocenters. The van der Waals surface area contributed by atoms with Crippen molar-refractivity contribution in [2.75, 3.05) is 31.2 Å². The van der Waals surface area contributed by atoms with Crippen molar-refractivity contribution < 1.29 is 5.11 Å². The Morgan fingerprint density at radius 1 is 1.29 bits per heavy atom. The Hall–Kier alpha value is -0.780. The molecule has 0 aromatic carbocycles. The summed E-state index contributed by atoms with van der Waals surface area (Å²) in [5, 5.41) is 11.9. The van der Waals surface area contributed by atoms with E-state index in [2.05, 4.69) is 5.32 Å². The molecule has 0 amide bonds. The first-order valence-corrected chi connectivity index (χ1v) is 7.05. The minimum absolute atomic E-state index is 0.0478. The monoisotopic (exact) mass is 256 g/mol. The number of rotatable bonds is 9. The second-order valence-electron chi connectivity index (χ2n) is 3.67. The topological polar surface area (TPSA) is 54.3 Å². The fraction of sp³-hybridized carbons (Fsp3) is 0.583. The van der Waals surface area contributed by atoms with E-state index >= 15 is 0 Å². The molecule has 0 bridgehead atoms. The Bertz CT molecular complexity index is 354. The number of hydrogen-bond acceptors (Lipinski definition) is 4. The third kappa shape index (κ3) is 6.51. The molecule has 0 radical (unpaired) electrons. The van der Waals surface area contributed by atoms with Crippen molar-refractivity contribution in [3.05, 3.63) is 34.7 Å². The normalized spacial score (nSPS) is 10.6. The highest BCUT2D eigenvalue weighted by atomic mass is 32.2. The van der Waals surface area contributed by atoms with Crippen LogP contribution in [-0.4, -0.2) is 40.9 Å². The van der Waals surface area contributed by atoms with Gasteiger partial charge in [-0.05, 0) is 18.2 Å². The summed E-state index contributed by atoms with van der Waals surface area (Å²) >= 11 is 1.84. The van der Waals surface area contributed by atoms with Gasteiger partial charge in [-0.2, -0.15) is 11.8 Å². The van der Waals surface area contributed by atoms with Gasteiger partial charge in [0.05, 0.1) is 0 Å². The molecule has 0 saturated carbocycles. The predicted molar refractivity (Wildman–Crippen MR) is 72.6 cm³/mol. The molecule has 1 heterocycles. The van der Waals surface area contributed by atoms with Crippen LogP contribution in [0.3, 0.4) is 0 Å². The van der Waals surface area contributed by atoms with E-state index in [4.69, 9.17) is 5.11 Å². The summed E-state index contributed by atoms with van der Waals surface area (Å²) in [7, 11) is 0. The minimum atomic E-state index is 0.0478. The molecule has 0 spiro atoms. The summed E-state index contributed by atoms with van der Waals surface area (Å²) in [4.78, 5) is 11.4. The fourth-order valence-corrected chi connectivity index (χ4v) is 2.21. The summed E-state index contributed by atoms with van der Waals surface area (Å²) in [5.41, 5.74) is 0.0478. The second kappa shape index (κ2) is 9.27. The third-order valence-corrected chi connectivity index (χ3v) is 3.37. The van der Waals surface area contributed by atoms with Gasteiger partial charge in [-0.3, -0.25) is 4.79 Å². The third-order valence-electron chi connectivity index (χ3n) is 2.30. The number of aliphatic hydroxyl groups excluding tert-OH is 1. The Labute approximate surface area is 106 Å². The van der Waals surface area contributed by atoms with Gasteiger partial charge < -0.3 is 15.0 Å². The Morgan fingerprint density at radius 2 is 2.18 bits per heavy atom. The van der Waals surface area contributed by atoms with Gasteiger partial charge in [0.25, 0.3) is 5.56 Å². The van der Waals surface area contributed by atoms with Crippen molar-refractivity contribution in [1.82, 2.24) is 9.88 Å². The first-order chi connectivity index (χ1) is 8.34. The number of pyridine rings is 1. The zero-order valence-corrected chi connectivity index (χ0v) is 10.8. The van der Waals surface area contributed by atoms with Crippen LogP contribution in [0.5, 0.6) is 0 Å². The number of nitrogens with one attached hydrogen (secondary N) is 1. The van der Waals surface area contributed by atoms with E-state index in [-0.39, 0.29) is 12.2 Å². The highest BCUT2D eigenvalue weighted by molar-refractivity contribution is 7.99. The van der Waals surface area contributed by atoms with Gasteiger partial charge >= 0.3 is 0 Å². The zero-order valence-electron chi connectivity index (χ0n) is 9.97. The Balaban J connectivity index is 2.01. The summed E-state index contributed by atoms with van der Waals surface area (Å²) in [6.45, 7) is 2.74. The van der Waals surface area contributed by atoms with Gasteiger partial charge in [0.2, 0.25) is 0 Å². The average molecular weight is 256 g/mol. The SMILES string of the molecule is O=c1ccccn1CCNCCSCCCO. The maximum atomic E-state index is 11.4. The molecular weight excluding hydrogens is 236 g/mol. The number of aromatic nitrogens is 1. The van der Waals surface area contributed by atoms with Gasteiger partial charge in [-0.25, -0.2) is 0 Å². The number of thioether (sulfide) groups is 1. The molecule has 1 aromatic rings. The predicted octanol–water partition coefficient (Wildman–Crippen LogP) is 0.553. The lowest BCUT2D eigenvalue weighted by Crippen LogP contribution is -2.27. The molecule has 2 N–H and O–H groups in total. The van der Waals surface area contributed by atoms with Crippen LogP contribution >= 0.6 is 11.8 Å². The van der Waals surface area contributed by atoms with E-state index < -0.39 is 0 Å². The smallest absolute Gasteiger partial charge is 0.250 e. The van der Waals surface area contributed by atoms with E-state index in [0.717, 1.165) is 31.0 Å². The lowest BCUT2D eigenvalue weighted by atomic mass is 10.4. The van der Waals surface area contributed by atoms with E-state index in [1.807, 2.05) is 17.8 Å². The van der Waals surface area contributed by atoms with Gasteiger partial charge in [-0.1, -0.05) is 6.07 Å². The van der Waals surface area contributed by atoms with Crippen molar-refractivity contribution in [3.8, 4) is 0 Å². The molecule has 4 nitrogen and oxygen atoms in total. The van der Waals surface area contributed by atoms with E-state index in [0.29, 0.717) is 6.54 Å². The average Bonchev–Trinajstić information content (AvgIpc) is 2.35. The van der Waals surface area contributed by atoms with Crippen LogP contribution in [0.4, 0.5) is 0 Å². The van der Waals surface area contributed by atoms with Crippen LogP contribution < -0.4 is 10.9 Å². The quantitative estimate of drug-likeness (QED) is 0.634. The molecule has 5 heteroatoms. The molecule has 0 atom stereocenters. The van der Waals surface area contributed by atoms with Crippen molar-refractivity contribution in [2.24, 2.45) is 0 Å². The number of hydrogen-bond donors (Lipinski definition) is 2. The lowest BCUT2D eigenvalue weighted by Gasteiger charge is -2.06. The molecule has 96 valence electrons. The lowest BCUT2D eigenvalue weighted by molar-refractivity contribution is 0.296. The molecule has 0 aliphatic carbocycles. The highest BCUT2D eigenvalue weighted by Crippen LogP contribution is 1.99. The zero-order chi connectivity index (χ0) is 12.3. The Morgan fingerprint density at radius 3 is 2.94 bits per heavy atom. The molecule has 0 fully saturated rings. The number of nitrogens with zero attached hydrogens (tertiary/aromatic N) is 1. The molecule has 0 aliphatic rings. The van der Waals surface area contributed by atoms with E-state index in [1.54, 1.807) is 22.9 Å². The second-order valence-corrected chi connectivity index (χ2v) is 4.90. The first-order valence-electron chi connectivity index (χ1n) is 5.89. The summed E-state index contributed by atoms with van der Waals surface area (Å²) < 4.78 is 1.70. The van der Waals surface area contributed by atoms with Crippen molar-refractivity contribution in [3.63, 3.8) is 0 Å². The van der Waals surface area contributed by atoms with Gasteiger partial charge in [-0.15, -0.1) is 0 Å². The van der Waals surface area contributed by atoms with Crippen LogP contribution in [0.15, 0.2) is 29.2 Å². The maximum absolute atomic E-state index is 11.4. The van der Waals surface area contributed by atoms with Gasteiger partial charge in [0, 0.05) is 44.3 Å². The summed E-state index contributed by atoms with van der Waals surface area (Å²) in [6, 6.07) is 5.20. The molecule has 0 aliphatic heterocycles. The molecule has 0 saturated heterocycles. The van der Waals surface area contributed by atoms with Crippen molar-refractivity contribution >= 4 is 11.8 Å². The molecule has 1 rings (SSSR count). The first kappa shape index (κ1) is 14.3. The van der Waals surface area contributed by atoms with Crippen molar-refractivity contribution in [2.45, 2.75) is 13.0 Å². The Kier molecular flexibility index (Phi) is 7.79. The number of aliphatic hydroxyl groups is 1. The van der Waals surface area contributed by atoms with Gasteiger partial charge in [0.15, 0.2) is 0 Å². The fourth-order valence-electron chi connectivity index (χ4n) is 1.38. The molecule has 17 heavy (non-hydrogen) atoms. The van der Waals surface area contributed by atoms with Gasteiger partial charge in [0.1, 0.15) is 0 Å². The summed E-state index contributed by atoms with van der Waals surface area (Å²) in [6.07, 6.45) is 2.67. The van der Waals surface area contributed by atoms with Crippen LogP contribution in [-0.2, 0) is 6.54 Å². The molecular formula is C12H20N2O2S. The van der Waals surface area contributed by atoms with E-state index in [9.17, 15) is 4.79 Å². The highest BCUT2D eigenvalue weighted by Gasteiger charge is 1.93. The van der Waals surface area contributed by atoms with Crippen LogP contribution in [0.2, 0.25) is 0 Å². The van der Waals surface area contributed by atoms with Crippen LogP contribution in [0, 0.1) is 0 Å². The van der Waals surface area contributed by atoms with Crippen LogP contribution in [0.25, 0.3) is 0 Å². The minimum Gasteiger partial charge on any atom is -0.396 e. The standard InChI is InChI=1S/C12H20N2O2S/c15-9-3-10-17-11-6-13-5-8-14-7-2-1-4-12(14)16/h1-2,4,7,13,15H,3,5-6,8-11H2. The summed E-state index contributed by atoms with van der Waals surface area (Å²) in [5.74, 6) is 2.06. The maximum Gasteiger partial charge on any atom is 0.250 e. The van der Waals surface area contributed by atoms with E-state index in [1.165, 1.54) is 0 Å². The van der Waals surface area contributed by atoms with Crippen molar-refractivity contribution in [1.29, 1.82) is 0 Å².